The minimum absolute atomic E-state index is 0.415. The Hall–Kier alpha value is -2.49. The lowest BCUT2D eigenvalue weighted by Gasteiger charge is -2.08. The number of hydrogen-bond donors (Lipinski definition) is 2. The zero-order valence-corrected chi connectivity index (χ0v) is 13.4. The lowest BCUT2D eigenvalue weighted by Crippen LogP contribution is -2.22. The number of nitrogens with zero attached hydrogens (tertiary/aromatic N) is 1. The molecule has 3 N–H and O–H groups in total. The van der Waals surface area contributed by atoms with Crippen LogP contribution in [0.25, 0.3) is 0 Å². The summed E-state index contributed by atoms with van der Waals surface area (Å²) in [5, 5.41) is 3.10. The van der Waals surface area contributed by atoms with Gasteiger partial charge in [0.2, 0.25) is 0 Å². The Balaban J connectivity index is 1.98. The van der Waals surface area contributed by atoms with E-state index in [-0.39, 0.29) is 0 Å². The summed E-state index contributed by atoms with van der Waals surface area (Å²) in [6, 6.07) is 14.2. The second-order valence-corrected chi connectivity index (χ2v) is 5.18. The monoisotopic (exact) mass is 297 g/mol. The molecule has 0 bridgehead atoms. The van der Waals surface area contributed by atoms with Gasteiger partial charge in [-0.2, -0.15) is 0 Å². The van der Waals surface area contributed by atoms with Crippen molar-refractivity contribution in [3.63, 3.8) is 0 Å². The number of nitrogens with two attached hydrogens (primary N) is 1. The largest absolute Gasteiger partial charge is 0.496 e. The molecule has 0 radical (unpaired) electrons. The van der Waals surface area contributed by atoms with Crippen molar-refractivity contribution < 1.29 is 4.74 Å². The molecule has 0 spiro atoms. The first-order valence-corrected chi connectivity index (χ1v) is 7.41. The lowest BCUT2D eigenvalue weighted by molar-refractivity contribution is 0.411. The molecule has 0 atom stereocenters. The van der Waals surface area contributed by atoms with Gasteiger partial charge in [0, 0.05) is 5.69 Å². The van der Waals surface area contributed by atoms with Crippen LogP contribution in [0.1, 0.15) is 23.6 Å². The Kier molecular flexibility index (Phi) is 5.42. The summed E-state index contributed by atoms with van der Waals surface area (Å²) in [7, 11) is 1.67. The maximum Gasteiger partial charge on any atom is 0.193 e. The molecular formula is C18H23N3O. The Morgan fingerprint density at radius 3 is 2.41 bits per heavy atom. The van der Waals surface area contributed by atoms with E-state index in [1.54, 1.807) is 7.11 Å². The van der Waals surface area contributed by atoms with E-state index in [2.05, 4.69) is 35.4 Å². The van der Waals surface area contributed by atoms with Crippen molar-refractivity contribution in [1.82, 2.24) is 0 Å². The summed E-state index contributed by atoms with van der Waals surface area (Å²) in [5.41, 5.74) is 10.4. The van der Waals surface area contributed by atoms with Gasteiger partial charge in [-0.25, -0.2) is 4.99 Å². The Bertz CT molecular complexity index is 648. The van der Waals surface area contributed by atoms with E-state index in [1.807, 2.05) is 31.2 Å². The second kappa shape index (κ2) is 7.50. The number of ether oxygens (including phenoxy) is 1. The smallest absolute Gasteiger partial charge is 0.193 e. The summed E-state index contributed by atoms with van der Waals surface area (Å²) in [5.74, 6) is 1.30. The molecule has 0 amide bonds. The van der Waals surface area contributed by atoms with Crippen molar-refractivity contribution in [1.29, 1.82) is 0 Å². The van der Waals surface area contributed by atoms with Crippen LogP contribution < -0.4 is 15.8 Å². The highest BCUT2D eigenvalue weighted by Crippen LogP contribution is 2.18. The van der Waals surface area contributed by atoms with Crippen molar-refractivity contribution >= 4 is 11.6 Å². The van der Waals surface area contributed by atoms with Gasteiger partial charge in [-0.05, 0) is 48.2 Å². The molecule has 4 nitrogen and oxygen atoms in total. The number of guanidine groups is 1. The quantitative estimate of drug-likeness (QED) is 0.656. The molecule has 116 valence electrons. The first-order valence-electron chi connectivity index (χ1n) is 7.41. The topological polar surface area (TPSA) is 59.6 Å². The summed E-state index contributed by atoms with van der Waals surface area (Å²) >= 11 is 0. The molecule has 2 aromatic rings. The molecule has 0 aliphatic carbocycles. The van der Waals surface area contributed by atoms with Crippen molar-refractivity contribution in [3.05, 3.63) is 59.2 Å². The highest BCUT2D eigenvalue weighted by Gasteiger charge is 2.00. The van der Waals surface area contributed by atoms with Gasteiger partial charge in [0.25, 0.3) is 0 Å². The molecule has 0 fully saturated rings. The highest BCUT2D eigenvalue weighted by atomic mass is 16.5. The number of aliphatic imine (C=N–C) groups is 1. The molecule has 22 heavy (non-hydrogen) atoms. The summed E-state index contributed by atoms with van der Waals surface area (Å²) < 4.78 is 5.25. The van der Waals surface area contributed by atoms with E-state index in [0.717, 1.165) is 29.0 Å². The van der Waals surface area contributed by atoms with Gasteiger partial charge in [0.1, 0.15) is 5.75 Å². The van der Waals surface area contributed by atoms with Crippen LogP contribution in [-0.4, -0.2) is 13.1 Å². The van der Waals surface area contributed by atoms with Crippen molar-refractivity contribution in [3.8, 4) is 5.75 Å². The Labute approximate surface area is 132 Å². The van der Waals surface area contributed by atoms with Crippen LogP contribution >= 0.6 is 0 Å². The summed E-state index contributed by atoms with van der Waals surface area (Å²) in [6.07, 6.45) is 1.03. The van der Waals surface area contributed by atoms with E-state index in [0.29, 0.717) is 12.5 Å². The van der Waals surface area contributed by atoms with Gasteiger partial charge in [-0.15, -0.1) is 0 Å². The zero-order valence-electron chi connectivity index (χ0n) is 13.4. The van der Waals surface area contributed by atoms with Crippen LogP contribution in [0.3, 0.4) is 0 Å². The predicted octanol–water partition coefficient (Wildman–Crippen LogP) is 3.49. The highest BCUT2D eigenvalue weighted by molar-refractivity contribution is 5.92. The van der Waals surface area contributed by atoms with Crippen LogP contribution in [-0.2, 0) is 13.0 Å². The van der Waals surface area contributed by atoms with Crippen LogP contribution in [0.15, 0.2) is 47.5 Å². The van der Waals surface area contributed by atoms with Crippen LogP contribution in [0.2, 0.25) is 0 Å². The van der Waals surface area contributed by atoms with Gasteiger partial charge in [-0.3, -0.25) is 0 Å². The molecular weight excluding hydrogens is 274 g/mol. The van der Waals surface area contributed by atoms with E-state index in [9.17, 15) is 0 Å². The predicted molar refractivity (Wildman–Crippen MR) is 92.5 cm³/mol. The van der Waals surface area contributed by atoms with E-state index < -0.39 is 0 Å². The van der Waals surface area contributed by atoms with Gasteiger partial charge < -0.3 is 15.8 Å². The molecule has 0 aliphatic heterocycles. The van der Waals surface area contributed by atoms with Crippen LogP contribution in [0.4, 0.5) is 5.69 Å². The first-order chi connectivity index (χ1) is 10.6. The number of aryl methyl sites for hydroxylation is 2. The second-order valence-electron chi connectivity index (χ2n) is 5.18. The fourth-order valence-electron chi connectivity index (χ4n) is 2.23. The fourth-order valence-corrected chi connectivity index (χ4v) is 2.23. The normalized spacial score (nSPS) is 11.3. The fraction of sp³-hybridized carbons (Fsp3) is 0.278. The van der Waals surface area contributed by atoms with E-state index >= 15 is 0 Å². The summed E-state index contributed by atoms with van der Waals surface area (Å²) in [4.78, 5) is 4.37. The maximum absolute atomic E-state index is 5.93. The Morgan fingerprint density at radius 2 is 1.82 bits per heavy atom. The minimum atomic E-state index is 0.415. The third kappa shape index (κ3) is 4.25. The van der Waals surface area contributed by atoms with Gasteiger partial charge in [0.05, 0.1) is 13.7 Å². The number of rotatable bonds is 5. The molecule has 2 aromatic carbocycles. The third-order valence-corrected chi connectivity index (χ3v) is 3.53. The van der Waals surface area contributed by atoms with Gasteiger partial charge in [-0.1, -0.05) is 31.2 Å². The van der Waals surface area contributed by atoms with Gasteiger partial charge in [0.15, 0.2) is 5.96 Å². The zero-order chi connectivity index (χ0) is 15.9. The average molecular weight is 297 g/mol. The standard InChI is InChI=1S/C18H23N3O/c1-4-14-5-8-16(9-6-14)21-18(19)20-12-15-7-10-17(22-3)13(2)11-15/h5-11H,4,12H2,1-3H3,(H3,19,20,21). The van der Waals surface area contributed by atoms with Crippen molar-refractivity contribution in [2.75, 3.05) is 12.4 Å². The SMILES string of the molecule is CCc1ccc(NC(N)=NCc2ccc(OC)c(C)c2)cc1. The molecule has 2 rings (SSSR count). The average Bonchev–Trinajstić information content (AvgIpc) is 2.54. The van der Waals surface area contributed by atoms with Crippen LogP contribution in [0, 0.1) is 6.92 Å². The number of anilines is 1. The molecule has 0 saturated carbocycles. The molecule has 0 aromatic heterocycles. The molecule has 4 heteroatoms. The van der Waals surface area contributed by atoms with Crippen molar-refractivity contribution in [2.24, 2.45) is 10.7 Å². The van der Waals surface area contributed by atoms with Crippen LogP contribution in [0.5, 0.6) is 5.75 Å². The minimum Gasteiger partial charge on any atom is -0.496 e. The molecule has 0 unspecified atom stereocenters. The molecule has 0 saturated heterocycles. The summed E-state index contributed by atoms with van der Waals surface area (Å²) in [6.45, 7) is 4.69. The third-order valence-electron chi connectivity index (χ3n) is 3.53. The molecule has 0 aliphatic rings. The molecule has 0 heterocycles. The van der Waals surface area contributed by atoms with Gasteiger partial charge >= 0.3 is 0 Å². The number of nitrogens with one attached hydrogen (secondary N) is 1. The number of methoxy groups -OCH3 is 1. The van der Waals surface area contributed by atoms with E-state index in [4.69, 9.17) is 10.5 Å². The van der Waals surface area contributed by atoms with Crippen molar-refractivity contribution in [2.45, 2.75) is 26.8 Å². The maximum atomic E-state index is 5.93. The first kappa shape index (κ1) is 15.9. The number of benzene rings is 2. The Morgan fingerprint density at radius 1 is 1.14 bits per heavy atom. The lowest BCUT2D eigenvalue weighted by atomic mass is 10.1. The number of hydrogen-bond acceptors (Lipinski definition) is 2. The van der Waals surface area contributed by atoms with E-state index in [1.165, 1.54) is 5.56 Å².